The molecule has 2 aromatic carbocycles. The van der Waals surface area contributed by atoms with Gasteiger partial charge in [0.15, 0.2) is 6.10 Å². The molecule has 0 aliphatic heterocycles. The van der Waals surface area contributed by atoms with Gasteiger partial charge in [0.25, 0.3) is 5.91 Å². The van der Waals surface area contributed by atoms with Gasteiger partial charge in [-0.3, -0.25) is 4.79 Å². The van der Waals surface area contributed by atoms with Crippen LogP contribution in [-0.2, 0) is 4.79 Å². The lowest BCUT2D eigenvalue weighted by Crippen LogP contribution is -2.32. The Bertz CT molecular complexity index is 653. The van der Waals surface area contributed by atoms with E-state index in [1.165, 1.54) is 0 Å². The van der Waals surface area contributed by atoms with Crippen LogP contribution < -0.4 is 10.1 Å². The summed E-state index contributed by atoms with van der Waals surface area (Å²) in [6, 6.07) is 13.1. The van der Waals surface area contributed by atoms with Gasteiger partial charge in [0.05, 0.1) is 0 Å². The van der Waals surface area contributed by atoms with Crippen molar-refractivity contribution < 1.29 is 9.53 Å². The summed E-state index contributed by atoms with van der Waals surface area (Å²) < 4.78 is 5.78. The van der Waals surface area contributed by atoms with Gasteiger partial charge in [0, 0.05) is 10.7 Å². The molecule has 0 aromatic heterocycles. The first-order chi connectivity index (χ1) is 10.5. The van der Waals surface area contributed by atoms with E-state index in [9.17, 15) is 4.79 Å². The Labute approximate surface area is 136 Å². The summed E-state index contributed by atoms with van der Waals surface area (Å²) in [5.41, 5.74) is 2.82. The van der Waals surface area contributed by atoms with Crippen LogP contribution >= 0.6 is 11.6 Å². The second-order valence-corrected chi connectivity index (χ2v) is 5.71. The maximum absolute atomic E-state index is 12.4. The molecule has 0 radical (unpaired) electrons. The smallest absolute Gasteiger partial charge is 0.265 e. The minimum absolute atomic E-state index is 0.173. The van der Waals surface area contributed by atoms with E-state index in [1.807, 2.05) is 51.1 Å². The number of hydrogen-bond donors (Lipinski definition) is 1. The molecule has 0 aliphatic carbocycles. The summed E-state index contributed by atoms with van der Waals surface area (Å²) in [5.74, 6) is 0.517. The number of halogens is 1. The summed E-state index contributed by atoms with van der Waals surface area (Å²) in [6.07, 6.45) is 0.0420. The minimum Gasteiger partial charge on any atom is -0.481 e. The van der Waals surface area contributed by atoms with Crippen LogP contribution in [0.1, 0.15) is 24.5 Å². The fraction of sp³-hybridized carbons (Fsp3) is 0.278. The highest BCUT2D eigenvalue weighted by molar-refractivity contribution is 6.31. The minimum atomic E-state index is -0.541. The molecule has 0 spiro atoms. The van der Waals surface area contributed by atoms with Crippen molar-refractivity contribution in [3.8, 4) is 5.75 Å². The van der Waals surface area contributed by atoms with Gasteiger partial charge >= 0.3 is 0 Å². The molecule has 0 saturated carbocycles. The standard InChI is InChI=1S/C18H20ClNO2/c1-4-17(22-15-9-5-12(2)6-10-15)18(21)20-16-11-14(19)8-7-13(16)3/h5-11,17H,4H2,1-3H3,(H,20,21)/t17-/m0/s1. The number of amides is 1. The molecular formula is C18H20ClNO2. The molecule has 3 nitrogen and oxygen atoms in total. The van der Waals surface area contributed by atoms with E-state index in [4.69, 9.17) is 16.3 Å². The van der Waals surface area contributed by atoms with Crippen LogP contribution in [-0.4, -0.2) is 12.0 Å². The zero-order valence-corrected chi connectivity index (χ0v) is 13.8. The molecule has 1 atom stereocenters. The van der Waals surface area contributed by atoms with Crippen molar-refractivity contribution in [1.82, 2.24) is 0 Å². The van der Waals surface area contributed by atoms with Crippen LogP contribution in [0.15, 0.2) is 42.5 Å². The number of anilines is 1. The van der Waals surface area contributed by atoms with Crippen molar-refractivity contribution in [2.24, 2.45) is 0 Å². The molecule has 1 N–H and O–H groups in total. The van der Waals surface area contributed by atoms with E-state index < -0.39 is 6.10 Å². The van der Waals surface area contributed by atoms with Gasteiger partial charge < -0.3 is 10.1 Å². The largest absolute Gasteiger partial charge is 0.481 e. The van der Waals surface area contributed by atoms with E-state index >= 15 is 0 Å². The molecular weight excluding hydrogens is 298 g/mol. The SMILES string of the molecule is CC[C@H](Oc1ccc(C)cc1)C(=O)Nc1cc(Cl)ccc1C. The molecule has 2 rings (SSSR count). The average molecular weight is 318 g/mol. The number of carbonyl (C=O) groups is 1. The molecule has 4 heteroatoms. The van der Waals surface area contributed by atoms with E-state index in [1.54, 1.807) is 12.1 Å². The Balaban J connectivity index is 2.08. The summed E-state index contributed by atoms with van der Waals surface area (Å²) in [4.78, 5) is 12.4. The normalized spacial score (nSPS) is 11.8. The van der Waals surface area contributed by atoms with E-state index in [0.717, 1.165) is 11.1 Å². The van der Waals surface area contributed by atoms with E-state index in [0.29, 0.717) is 22.9 Å². The fourth-order valence-electron chi connectivity index (χ4n) is 2.05. The summed E-state index contributed by atoms with van der Waals surface area (Å²) in [7, 11) is 0. The van der Waals surface area contributed by atoms with E-state index in [2.05, 4.69) is 5.32 Å². The van der Waals surface area contributed by atoms with Gasteiger partial charge in [0.2, 0.25) is 0 Å². The number of ether oxygens (including phenoxy) is 1. The zero-order chi connectivity index (χ0) is 16.1. The summed E-state index contributed by atoms with van der Waals surface area (Å²) in [5, 5.41) is 3.48. The maximum Gasteiger partial charge on any atom is 0.265 e. The number of aryl methyl sites for hydroxylation is 2. The highest BCUT2D eigenvalue weighted by Gasteiger charge is 2.19. The fourth-order valence-corrected chi connectivity index (χ4v) is 2.22. The monoisotopic (exact) mass is 317 g/mol. The molecule has 0 unspecified atom stereocenters. The Morgan fingerprint density at radius 1 is 1.18 bits per heavy atom. The van der Waals surface area contributed by atoms with Crippen molar-refractivity contribution in [2.45, 2.75) is 33.3 Å². The lowest BCUT2D eigenvalue weighted by atomic mass is 10.2. The van der Waals surface area contributed by atoms with Gasteiger partial charge in [-0.25, -0.2) is 0 Å². The van der Waals surface area contributed by atoms with Crippen molar-refractivity contribution in [3.63, 3.8) is 0 Å². The second-order valence-electron chi connectivity index (χ2n) is 5.28. The first-order valence-corrected chi connectivity index (χ1v) is 7.67. The highest BCUT2D eigenvalue weighted by atomic mass is 35.5. The van der Waals surface area contributed by atoms with Crippen molar-refractivity contribution in [3.05, 3.63) is 58.6 Å². The number of benzene rings is 2. The summed E-state index contributed by atoms with van der Waals surface area (Å²) >= 11 is 5.98. The third-order valence-corrected chi connectivity index (χ3v) is 3.66. The van der Waals surface area contributed by atoms with Crippen LogP contribution in [0.25, 0.3) is 0 Å². The molecule has 0 fully saturated rings. The van der Waals surface area contributed by atoms with Gasteiger partial charge in [-0.15, -0.1) is 0 Å². The Morgan fingerprint density at radius 3 is 2.50 bits per heavy atom. The van der Waals surface area contributed by atoms with Crippen molar-refractivity contribution in [2.75, 3.05) is 5.32 Å². The van der Waals surface area contributed by atoms with Crippen LogP contribution in [0, 0.1) is 13.8 Å². The average Bonchev–Trinajstić information content (AvgIpc) is 2.50. The maximum atomic E-state index is 12.4. The molecule has 116 valence electrons. The molecule has 0 saturated heterocycles. The third-order valence-electron chi connectivity index (χ3n) is 3.42. The predicted molar refractivity (Wildman–Crippen MR) is 90.7 cm³/mol. The van der Waals surface area contributed by atoms with Crippen LogP contribution in [0.4, 0.5) is 5.69 Å². The highest BCUT2D eigenvalue weighted by Crippen LogP contribution is 2.21. The molecule has 0 aliphatic rings. The molecule has 22 heavy (non-hydrogen) atoms. The second kappa shape index (κ2) is 7.32. The van der Waals surface area contributed by atoms with Crippen LogP contribution in [0.3, 0.4) is 0 Å². The first kappa shape index (κ1) is 16.4. The summed E-state index contributed by atoms with van der Waals surface area (Å²) in [6.45, 7) is 5.85. The Kier molecular flexibility index (Phi) is 5.45. The van der Waals surface area contributed by atoms with Gasteiger partial charge in [-0.05, 0) is 50.1 Å². The Morgan fingerprint density at radius 2 is 1.86 bits per heavy atom. The van der Waals surface area contributed by atoms with Gasteiger partial charge in [-0.1, -0.05) is 42.3 Å². The van der Waals surface area contributed by atoms with Crippen molar-refractivity contribution >= 4 is 23.2 Å². The van der Waals surface area contributed by atoms with Crippen LogP contribution in [0.2, 0.25) is 5.02 Å². The molecule has 0 heterocycles. The van der Waals surface area contributed by atoms with E-state index in [-0.39, 0.29) is 5.91 Å². The molecule has 2 aromatic rings. The number of nitrogens with one attached hydrogen (secondary N) is 1. The number of rotatable bonds is 5. The number of hydrogen-bond acceptors (Lipinski definition) is 2. The lowest BCUT2D eigenvalue weighted by Gasteiger charge is -2.18. The first-order valence-electron chi connectivity index (χ1n) is 7.30. The van der Waals surface area contributed by atoms with Gasteiger partial charge in [-0.2, -0.15) is 0 Å². The third kappa shape index (κ3) is 4.25. The number of carbonyl (C=O) groups excluding carboxylic acids is 1. The topological polar surface area (TPSA) is 38.3 Å². The Hall–Kier alpha value is -2.00. The molecule has 1 amide bonds. The van der Waals surface area contributed by atoms with Crippen molar-refractivity contribution in [1.29, 1.82) is 0 Å². The quantitative estimate of drug-likeness (QED) is 0.864. The van der Waals surface area contributed by atoms with Gasteiger partial charge in [0.1, 0.15) is 5.75 Å². The predicted octanol–water partition coefficient (Wildman–Crippen LogP) is 4.75. The zero-order valence-electron chi connectivity index (χ0n) is 13.0. The molecule has 0 bridgehead atoms. The van der Waals surface area contributed by atoms with Crippen LogP contribution in [0.5, 0.6) is 5.75 Å². The lowest BCUT2D eigenvalue weighted by molar-refractivity contribution is -0.122.